The van der Waals surface area contributed by atoms with Gasteiger partial charge in [0, 0.05) is 24.4 Å². The number of fused-ring (bicyclic) bond motifs is 4. The number of allylic oxidation sites excluding steroid dienone is 3. The van der Waals surface area contributed by atoms with Gasteiger partial charge in [0.25, 0.3) is 0 Å². The Labute approximate surface area is 190 Å². The molecule has 0 bridgehead atoms. The molecule has 6 heteroatoms. The van der Waals surface area contributed by atoms with Crippen LogP contribution in [0, 0.1) is 5.41 Å². The number of rotatable bonds is 3. The van der Waals surface area contributed by atoms with Gasteiger partial charge < -0.3 is 21.4 Å². The van der Waals surface area contributed by atoms with Crippen molar-refractivity contribution in [3.63, 3.8) is 0 Å². The smallest absolute Gasteiger partial charge is 0.0814 e. The van der Waals surface area contributed by atoms with Gasteiger partial charge >= 0.3 is 0 Å². The molecular formula is C26H32N6. The lowest BCUT2D eigenvalue weighted by molar-refractivity contribution is 0.272. The second kappa shape index (κ2) is 7.57. The van der Waals surface area contributed by atoms with Crippen LogP contribution in [0.15, 0.2) is 66.2 Å². The third kappa shape index (κ3) is 3.09. The maximum absolute atomic E-state index is 3.99. The van der Waals surface area contributed by atoms with Crippen LogP contribution in [0.2, 0.25) is 0 Å². The van der Waals surface area contributed by atoms with Crippen molar-refractivity contribution in [1.82, 2.24) is 31.9 Å². The van der Waals surface area contributed by atoms with Crippen LogP contribution in [0.1, 0.15) is 49.4 Å². The van der Waals surface area contributed by atoms with E-state index in [1.807, 2.05) is 0 Å². The molecule has 5 N–H and O–H groups in total. The van der Waals surface area contributed by atoms with E-state index in [2.05, 4.69) is 101 Å². The maximum atomic E-state index is 3.99. The highest BCUT2D eigenvalue weighted by Gasteiger charge is 2.40. The standard InChI is InChI=1S/C26H32N6/c1-17-25-20-7-6-19(18-8-12-27-13-9-18)16-21(20)22(10-15-32(25)31-30-17)29-24-5-3-4-23-26(24,2)11-14-28-23/h3-8,11,14,16,22-23,27-31H,9-10,12-13,15H2,1-2H3. The van der Waals surface area contributed by atoms with Gasteiger partial charge in [-0.3, -0.25) is 5.01 Å². The first-order chi connectivity index (χ1) is 15.6. The summed E-state index contributed by atoms with van der Waals surface area (Å²) in [7, 11) is 0. The van der Waals surface area contributed by atoms with Gasteiger partial charge in [0.15, 0.2) is 0 Å². The lowest BCUT2D eigenvalue weighted by Crippen LogP contribution is -2.42. The average molecular weight is 429 g/mol. The quantitative estimate of drug-likeness (QED) is 0.510. The van der Waals surface area contributed by atoms with E-state index in [-0.39, 0.29) is 11.5 Å². The molecule has 3 atom stereocenters. The topological polar surface area (TPSA) is 63.4 Å². The monoisotopic (exact) mass is 428 g/mol. The Bertz CT molecular complexity index is 1090. The molecule has 1 aromatic carbocycles. The van der Waals surface area contributed by atoms with Crippen LogP contribution in [0.4, 0.5) is 0 Å². The fraction of sp³-hybridized carbons (Fsp3) is 0.385. The SMILES string of the molecule is CC1=C2c3ccc(C4=CCNCC4)cc3C(NC3=CC=CC4NC=CC34C)CCN2NN1. The molecule has 6 rings (SSSR count). The number of nitrogens with zero attached hydrogens (tertiary/aromatic N) is 1. The van der Waals surface area contributed by atoms with Crippen molar-refractivity contribution < 1.29 is 0 Å². The summed E-state index contributed by atoms with van der Waals surface area (Å²) in [6.07, 6.45) is 15.5. The predicted molar refractivity (Wildman–Crippen MR) is 129 cm³/mol. The normalized spacial score (nSPS) is 30.5. The van der Waals surface area contributed by atoms with Crippen LogP contribution < -0.4 is 26.9 Å². The molecule has 166 valence electrons. The van der Waals surface area contributed by atoms with Gasteiger partial charge in [0.2, 0.25) is 0 Å². The Morgan fingerprint density at radius 3 is 3.06 bits per heavy atom. The van der Waals surface area contributed by atoms with E-state index < -0.39 is 0 Å². The molecule has 0 saturated heterocycles. The number of hydrogen-bond donors (Lipinski definition) is 5. The summed E-state index contributed by atoms with van der Waals surface area (Å²) in [6.45, 7) is 7.41. The molecule has 4 heterocycles. The first kappa shape index (κ1) is 19.7. The summed E-state index contributed by atoms with van der Waals surface area (Å²) in [5.74, 6) is 0. The zero-order valence-corrected chi connectivity index (χ0v) is 18.8. The van der Waals surface area contributed by atoms with Crippen LogP contribution in [-0.2, 0) is 0 Å². The van der Waals surface area contributed by atoms with E-state index in [0.717, 1.165) is 32.5 Å². The Morgan fingerprint density at radius 1 is 1.25 bits per heavy atom. The molecule has 3 unspecified atom stereocenters. The van der Waals surface area contributed by atoms with Crippen LogP contribution in [0.3, 0.4) is 0 Å². The van der Waals surface area contributed by atoms with Gasteiger partial charge in [-0.05, 0) is 68.3 Å². The van der Waals surface area contributed by atoms with Gasteiger partial charge in [-0.25, -0.2) is 0 Å². The summed E-state index contributed by atoms with van der Waals surface area (Å²) >= 11 is 0. The van der Waals surface area contributed by atoms with Crippen molar-refractivity contribution in [2.75, 3.05) is 19.6 Å². The average Bonchev–Trinajstić information content (AvgIpc) is 3.35. The Kier molecular flexibility index (Phi) is 4.66. The molecule has 6 nitrogen and oxygen atoms in total. The van der Waals surface area contributed by atoms with Crippen molar-refractivity contribution in [2.24, 2.45) is 5.41 Å². The molecule has 0 amide bonds. The number of nitrogens with one attached hydrogen (secondary N) is 5. The Balaban J connectivity index is 1.42. The molecule has 1 aromatic rings. The highest BCUT2D eigenvalue weighted by atomic mass is 15.7. The van der Waals surface area contributed by atoms with Crippen molar-refractivity contribution in [3.8, 4) is 0 Å². The van der Waals surface area contributed by atoms with E-state index in [4.69, 9.17) is 0 Å². The highest BCUT2D eigenvalue weighted by molar-refractivity contribution is 5.75. The molecule has 5 aliphatic rings. The minimum atomic E-state index is -0.0401. The molecule has 0 spiro atoms. The maximum Gasteiger partial charge on any atom is 0.0814 e. The van der Waals surface area contributed by atoms with E-state index in [1.165, 1.54) is 39.4 Å². The largest absolute Gasteiger partial charge is 0.384 e. The predicted octanol–water partition coefficient (Wildman–Crippen LogP) is 3.06. The van der Waals surface area contributed by atoms with Gasteiger partial charge in [-0.1, -0.05) is 36.4 Å². The van der Waals surface area contributed by atoms with E-state index >= 15 is 0 Å². The summed E-state index contributed by atoms with van der Waals surface area (Å²) in [4.78, 5) is 0. The summed E-state index contributed by atoms with van der Waals surface area (Å²) in [6, 6.07) is 7.62. The Hall–Kier alpha value is -2.96. The second-order valence-corrected chi connectivity index (χ2v) is 9.56. The van der Waals surface area contributed by atoms with Gasteiger partial charge in [-0.15, -0.1) is 5.53 Å². The van der Waals surface area contributed by atoms with Gasteiger partial charge in [0.05, 0.1) is 28.9 Å². The number of hydrogen-bond acceptors (Lipinski definition) is 6. The fourth-order valence-electron chi connectivity index (χ4n) is 5.65. The highest BCUT2D eigenvalue weighted by Crippen LogP contribution is 2.42. The molecule has 0 fully saturated rings. The lowest BCUT2D eigenvalue weighted by Gasteiger charge is -2.37. The van der Waals surface area contributed by atoms with Crippen LogP contribution in [-0.4, -0.2) is 30.7 Å². The molecule has 1 aliphatic carbocycles. The third-order valence-electron chi connectivity index (χ3n) is 7.59. The second-order valence-electron chi connectivity index (χ2n) is 9.56. The van der Waals surface area contributed by atoms with E-state index in [1.54, 1.807) is 0 Å². The van der Waals surface area contributed by atoms with E-state index in [9.17, 15) is 0 Å². The zero-order chi connectivity index (χ0) is 21.7. The number of hydrazine groups is 2. The minimum Gasteiger partial charge on any atom is -0.384 e. The van der Waals surface area contributed by atoms with Gasteiger partial charge in [0.1, 0.15) is 0 Å². The molecule has 0 aromatic heterocycles. The first-order valence-corrected chi connectivity index (χ1v) is 11.8. The van der Waals surface area contributed by atoms with E-state index in [0.29, 0.717) is 6.04 Å². The first-order valence-electron chi connectivity index (χ1n) is 11.8. The van der Waals surface area contributed by atoms with Gasteiger partial charge in [-0.2, -0.15) is 0 Å². The Morgan fingerprint density at radius 2 is 2.19 bits per heavy atom. The molecule has 0 radical (unpaired) electrons. The minimum absolute atomic E-state index is 0.0401. The molecule has 32 heavy (non-hydrogen) atoms. The molecule has 4 aliphatic heterocycles. The summed E-state index contributed by atoms with van der Waals surface area (Å²) < 4.78 is 0. The van der Waals surface area contributed by atoms with Crippen LogP contribution in [0.25, 0.3) is 11.3 Å². The zero-order valence-electron chi connectivity index (χ0n) is 18.8. The van der Waals surface area contributed by atoms with Crippen molar-refractivity contribution in [2.45, 2.75) is 38.8 Å². The van der Waals surface area contributed by atoms with Crippen molar-refractivity contribution in [3.05, 3.63) is 82.9 Å². The summed E-state index contributed by atoms with van der Waals surface area (Å²) in [5, 5.41) is 13.2. The third-order valence-corrected chi connectivity index (χ3v) is 7.59. The van der Waals surface area contributed by atoms with Crippen LogP contribution in [0.5, 0.6) is 0 Å². The molecule has 0 saturated carbocycles. The lowest BCUT2D eigenvalue weighted by atomic mass is 9.77. The number of benzene rings is 1. The van der Waals surface area contributed by atoms with Crippen molar-refractivity contribution in [1.29, 1.82) is 0 Å². The van der Waals surface area contributed by atoms with Crippen LogP contribution >= 0.6 is 0 Å². The summed E-state index contributed by atoms with van der Waals surface area (Å²) in [5.41, 5.74) is 15.9. The molecular weight excluding hydrogens is 396 g/mol. The van der Waals surface area contributed by atoms with Crippen molar-refractivity contribution >= 4 is 11.3 Å². The fourth-order valence-corrected chi connectivity index (χ4v) is 5.65.